The summed E-state index contributed by atoms with van der Waals surface area (Å²) in [6.07, 6.45) is 3.49. The Labute approximate surface area is 148 Å². The Morgan fingerprint density at radius 2 is 2.00 bits per heavy atom. The molecule has 2 heterocycles. The minimum Gasteiger partial charge on any atom is -0.487 e. The van der Waals surface area contributed by atoms with Gasteiger partial charge in [-0.2, -0.15) is 4.31 Å². The molecule has 1 fully saturated rings. The zero-order valence-electron chi connectivity index (χ0n) is 12.0. The Hall–Kier alpha value is -1.15. The van der Waals surface area contributed by atoms with E-state index >= 15 is 0 Å². The molecule has 5 nitrogen and oxygen atoms in total. The Bertz CT molecular complexity index is 799. The smallest absolute Gasteiger partial charge is 0.243 e. The van der Waals surface area contributed by atoms with Crippen molar-refractivity contribution in [2.75, 3.05) is 13.1 Å². The van der Waals surface area contributed by atoms with Gasteiger partial charge in [-0.1, -0.05) is 27.5 Å². The van der Waals surface area contributed by atoms with Crippen molar-refractivity contribution in [2.45, 2.75) is 17.4 Å². The molecule has 8 heteroatoms. The zero-order valence-corrected chi connectivity index (χ0v) is 15.2. The first-order valence-electron chi connectivity index (χ1n) is 6.99. The van der Waals surface area contributed by atoms with Crippen LogP contribution in [0.1, 0.15) is 6.42 Å². The van der Waals surface area contributed by atoms with Gasteiger partial charge in [0.05, 0.1) is 11.4 Å². The van der Waals surface area contributed by atoms with Crippen LogP contribution in [0.25, 0.3) is 0 Å². The van der Waals surface area contributed by atoms with Crippen LogP contribution in [-0.4, -0.2) is 36.9 Å². The molecule has 1 saturated heterocycles. The lowest BCUT2D eigenvalue weighted by molar-refractivity contribution is 0.215. The van der Waals surface area contributed by atoms with Crippen LogP contribution < -0.4 is 4.74 Å². The van der Waals surface area contributed by atoms with Gasteiger partial charge < -0.3 is 4.74 Å². The average Bonchev–Trinajstić information content (AvgIpc) is 2.99. The van der Waals surface area contributed by atoms with Crippen molar-refractivity contribution < 1.29 is 13.2 Å². The van der Waals surface area contributed by atoms with E-state index in [9.17, 15) is 8.42 Å². The summed E-state index contributed by atoms with van der Waals surface area (Å²) in [7, 11) is -3.50. The van der Waals surface area contributed by atoms with Gasteiger partial charge in [-0.3, -0.25) is 4.98 Å². The molecule has 0 spiro atoms. The Kier molecular flexibility index (Phi) is 4.91. The molecule has 0 aliphatic carbocycles. The molecular weight excluding hydrogens is 404 g/mol. The molecule has 3 rings (SSSR count). The molecule has 1 aromatic heterocycles. The van der Waals surface area contributed by atoms with Crippen LogP contribution in [-0.2, 0) is 10.0 Å². The van der Waals surface area contributed by atoms with E-state index in [1.807, 2.05) is 0 Å². The van der Waals surface area contributed by atoms with Crippen molar-refractivity contribution in [1.82, 2.24) is 9.29 Å². The highest BCUT2D eigenvalue weighted by Gasteiger charge is 2.33. The SMILES string of the molecule is O=S(=O)(c1ccc(Br)cc1)N1CCC(Oc2ccncc2Cl)C1. The number of sulfonamides is 1. The quantitative estimate of drug-likeness (QED) is 0.765. The van der Waals surface area contributed by atoms with Gasteiger partial charge in [0.25, 0.3) is 0 Å². The average molecular weight is 418 g/mol. The molecule has 0 radical (unpaired) electrons. The van der Waals surface area contributed by atoms with Gasteiger partial charge >= 0.3 is 0 Å². The lowest BCUT2D eigenvalue weighted by Crippen LogP contribution is -2.31. The third-order valence-electron chi connectivity index (χ3n) is 3.59. The summed E-state index contributed by atoms with van der Waals surface area (Å²) in [4.78, 5) is 4.18. The molecule has 0 saturated carbocycles. The first kappa shape index (κ1) is 16.7. The second-order valence-corrected chi connectivity index (χ2v) is 8.41. The number of nitrogens with zero attached hydrogens (tertiary/aromatic N) is 2. The summed E-state index contributed by atoms with van der Waals surface area (Å²) in [5.74, 6) is 0.523. The van der Waals surface area contributed by atoms with Gasteiger partial charge in [0.1, 0.15) is 16.9 Å². The summed E-state index contributed by atoms with van der Waals surface area (Å²) in [5, 5.41) is 0.418. The van der Waals surface area contributed by atoms with E-state index in [-0.39, 0.29) is 11.0 Å². The van der Waals surface area contributed by atoms with Crippen LogP contribution in [0.2, 0.25) is 5.02 Å². The zero-order chi connectivity index (χ0) is 16.4. The normalized spacial score (nSPS) is 19.0. The Morgan fingerprint density at radius 3 is 2.70 bits per heavy atom. The first-order valence-corrected chi connectivity index (χ1v) is 9.60. The fraction of sp³-hybridized carbons (Fsp3) is 0.267. The van der Waals surface area contributed by atoms with Crippen LogP contribution in [0.4, 0.5) is 0 Å². The van der Waals surface area contributed by atoms with Crippen LogP contribution in [0.15, 0.2) is 52.1 Å². The van der Waals surface area contributed by atoms with E-state index in [1.165, 1.54) is 10.5 Å². The predicted molar refractivity (Wildman–Crippen MR) is 91.2 cm³/mol. The molecule has 1 aromatic carbocycles. The lowest BCUT2D eigenvalue weighted by atomic mass is 10.3. The summed E-state index contributed by atoms with van der Waals surface area (Å²) >= 11 is 9.32. The van der Waals surface area contributed by atoms with Crippen molar-refractivity contribution >= 4 is 37.6 Å². The standard InChI is InChI=1S/C15H14BrClN2O3S/c16-11-1-3-13(4-2-11)23(20,21)19-8-6-12(10-19)22-15-5-7-18-9-14(15)17/h1-5,7,9,12H,6,8,10H2. The summed E-state index contributed by atoms with van der Waals surface area (Å²) in [6.45, 7) is 0.725. The molecule has 122 valence electrons. The summed E-state index contributed by atoms with van der Waals surface area (Å²) in [5.41, 5.74) is 0. The monoisotopic (exact) mass is 416 g/mol. The Balaban J connectivity index is 1.72. The van der Waals surface area contributed by atoms with Crippen LogP contribution in [0.3, 0.4) is 0 Å². The number of rotatable bonds is 4. The predicted octanol–water partition coefficient (Wildman–Crippen LogP) is 3.34. The molecule has 1 aliphatic heterocycles. The third kappa shape index (κ3) is 3.68. The number of ether oxygens (including phenoxy) is 1. The molecule has 0 bridgehead atoms. The number of halogens is 2. The molecule has 1 atom stereocenters. The van der Waals surface area contributed by atoms with Gasteiger partial charge in [-0.05, 0) is 30.7 Å². The van der Waals surface area contributed by atoms with Crippen LogP contribution >= 0.6 is 27.5 Å². The molecule has 0 N–H and O–H groups in total. The van der Waals surface area contributed by atoms with Crippen molar-refractivity contribution in [3.05, 3.63) is 52.2 Å². The largest absolute Gasteiger partial charge is 0.487 e. The maximum Gasteiger partial charge on any atom is 0.243 e. The summed E-state index contributed by atoms with van der Waals surface area (Å²) in [6, 6.07) is 8.29. The van der Waals surface area contributed by atoms with E-state index in [1.54, 1.807) is 36.5 Å². The van der Waals surface area contributed by atoms with Gasteiger partial charge in [-0.25, -0.2) is 8.42 Å². The molecule has 0 amide bonds. The second kappa shape index (κ2) is 6.76. The fourth-order valence-corrected chi connectivity index (χ4v) is 4.32. The Morgan fingerprint density at radius 1 is 1.26 bits per heavy atom. The molecule has 2 aromatic rings. The van der Waals surface area contributed by atoms with Gasteiger partial charge in [0.2, 0.25) is 10.0 Å². The van der Waals surface area contributed by atoms with Crippen LogP contribution in [0.5, 0.6) is 5.75 Å². The molecular formula is C15H14BrClN2O3S. The molecule has 1 aliphatic rings. The van der Waals surface area contributed by atoms with E-state index in [2.05, 4.69) is 20.9 Å². The minimum absolute atomic E-state index is 0.222. The highest BCUT2D eigenvalue weighted by Crippen LogP contribution is 2.28. The lowest BCUT2D eigenvalue weighted by Gasteiger charge is -2.17. The minimum atomic E-state index is -3.50. The number of pyridine rings is 1. The van der Waals surface area contributed by atoms with E-state index < -0.39 is 10.0 Å². The van der Waals surface area contributed by atoms with Crippen molar-refractivity contribution in [3.8, 4) is 5.75 Å². The van der Waals surface area contributed by atoms with Gasteiger partial charge in [0, 0.05) is 29.5 Å². The fourth-order valence-electron chi connectivity index (χ4n) is 2.41. The molecule has 23 heavy (non-hydrogen) atoms. The second-order valence-electron chi connectivity index (χ2n) is 5.15. The molecule has 1 unspecified atom stereocenters. The first-order chi connectivity index (χ1) is 11.0. The summed E-state index contributed by atoms with van der Waals surface area (Å²) < 4.78 is 33.3. The third-order valence-corrected chi connectivity index (χ3v) is 6.28. The highest BCUT2D eigenvalue weighted by molar-refractivity contribution is 9.10. The maximum atomic E-state index is 12.6. The highest BCUT2D eigenvalue weighted by atomic mass is 79.9. The number of hydrogen-bond acceptors (Lipinski definition) is 4. The maximum absolute atomic E-state index is 12.6. The topological polar surface area (TPSA) is 59.5 Å². The van der Waals surface area contributed by atoms with Crippen molar-refractivity contribution in [2.24, 2.45) is 0 Å². The number of hydrogen-bond donors (Lipinski definition) is 0. The van der Waals surface area contributed by atoms with E-state index in [4.69, 9.17) is 16.3 Å². The number of aromatic nitrogens is 1. The van der Waals surface area contributed by atoms with Crippen LogP contribution in [0, 0.1) is 0 Å². The van der Waals surface area contributed by atoms with Crippen molar-refractivity contribution in [1.29, 1.82) is 0 Å². The van der Waals surface area contributed by atoms with Gasteiger partial charge in [-0.15, -0.1) is 0 Å². The van der Waals surface area contributed by atoms with E-state index in [0.29, 0.717) is 30.3 Å². The number of benzene rings is 1. The van der Waals surface area contributed by atoms with Crippen molar-refractivity contribution in [3.63, 3.8) is 0 Å². The van der Waals surface area contributed by atoms with Gasteiger partial charge in [0.15, 0.2) is 0 Å². The van der Waals surface area contributed by atoms with E-state index in [0.717, 1.165) is 4.47 Å².